The van der Waals surface area contributed by atoms with Gasteiger partial charge in [0.05, 0.1) is 4.90 Å². The Labute approximate surface area is 145 Å². The number of rotatable bonds is 6. The maximum Gasteiger partial charge on any atom is 0.318 e. The van der Waals surface area contributed by atoms with E-state index in [1.165, 1.54) is 18.2 Å². The molecule has 0 saturated carbocycles. The van der Waals surface area contributed by atoms with Gasteiger partial charge in [0.15, 0.2) is 0 Å². The maximum absolute atomic E-state index is 12.2. The number of sulfonamides is 1. The van der Waals surface area contributed by atoms with E-state index in [4.69, 9.17) is 5.11 Å². The third kappa shape index (κ3) is 4.88. The highest BCUT2D eigenvalue weighted by Crippen LogP contribution is 2.20. The molecule has 3 N–H and O–H groups in total. The zero-order valence-corrected chi connectivity index (χ0v) is 14.6. The van der Waals surface area contributed by atoms with Gasteiger partial charge in [-0.15, -0.1) is 0 Å². The number of hydrogen-bond donors (Lipinski definition) is 3. The normalized spacial score (nSPS) is 11.1. The van der Waals surface area contributed by atoms with Crippen LogP contribution in [0.1, 0.15) is 21.5 Å². The predicted octanol–water partition coefficient (Wildman–Crippen LogP) is 1.92. The number of carboxylic acids is 1. The number of nitrogens with one attached hydrogen (secondary N) is 2. The highest BCUT2D eigenvalue weighted by molar-refractivity contribution is 7.89. The Morgan fingerprint density at radius 1 is 1.04 bits per heavy atom. The Hall–Kier alpha value is -2.71. The van der Waals surface area contributed by atoms with Gasteiger partial charge in [0, 0.05) is 11.3 Å². The number of carbonyl (C=O) groups is 2. The minimum atomic E-state index is -3.93. The van der Waals surface area contributed by atoms with E-state index in [1.807, 2.05) is 23.8 Å². The van der Waals surface area contributed by atoms with Crippen LogP contribution in [0.4, 0.5) is 5.69 Å². The number of aliphatic carboxylic acids is 1. The number of hydrogen-bond acceptors (Lipinski definition) is 4. The summed E-state index contributed by atoms with van der Waals surface area (Å²) < 4.78 is 26.2. The third-order valence-corrected chi connectivity index (χ3v) is 5.01. The van der Waals surface area contributed by atoms with Crippen molar-refractivity contribution in [3.63, 3.8) is 0 Å². The monoisotopic (exact) mass is 362 g/mol. The van der Waals surface area contributed by atoms with Gasteiger partial charge in [-0.3, -0.25) is 9.59 Å². The lowest BCUT2D eigenvalue weighted by Crippen LogP contribution is -2.29. The first-order valence-corrected chi connectivity index (χ1v) is 8.87. The maximum atomic E-state index is 12.2. The summed E-state index contributed by atoms with van der Waals surface area (Å²) in [6.45, 7) is 2.78. The molecule has 0 fully saturated rings. The van der Waals surface area contributed by atoms with Crippen molar-refractivity contribution in [2.45, 2.75) is 18.7 Å². The molecule has 0 radical (unpaired) electrons. The highest BCUT2D eigenvalue weighted by atomic mass is 32.2. The second kappa shape index (κ2) is 7.45. The average molecular weight is 362 g/mol. The number of amides is 1. The number of anilines is 1. The topological polar surface area (TPSA) is 113 Å². The van der Waals surface area contributed by atoms with Crippen LogP contribution in [0.3, 0.4) is 0 Å². The molecule has 0 saturated heterocycles. The van der Waals surface area contributed by atoms with Gasteiger partial charge in [-0.1, -0.05) is 17.7 Å². The van der Waals surface area contributed by atoms with Crippen LogP contribution in [-0.4, -0.2) is 31.9 Å². The van der Waals surface area contributed by atoms with Crippen LogP contribution >= 0.6 is 0 Å². The Balaban J connectivity index is 2.17. The summed E-state index contributed by atoms with van der Waals surface area (Å²) in [6, 6.07) is 11.3. The van der Waals surface area contributed by atoms with Crippen molar-refractivity contribution in [3.8, 4) is 0 Å². The molecule has 0 heterocycles. The fourth-order valence-electron chi connectivity index (χ4n) is 2.17. The Bertz CT molecular complexity index is 905. The molecule has 0 aliphatic carbocycles. The lowest BCUT2D eigenvalue weighted by molar-refractivity contribution is -0.135. The van der Waals surface area contributed by atoms with Crippen molar-refractivity contribution in [3.05, 3.63) is 59.2 Å². The molecule has 0 atom stereocenters. The molecule has 2 rings (SSSR count). The molecule has 0 spiro atoms. The summed E-state index contributed by atoms with van der Waals surface area (Å²) in [4.78, 5) is 22.7. The van der Waals surface area contributed by atoms with Crippen molar-refractivity contribution < 1.29 is 23.1 Å². The fraction of sp³-hybridized carbons (Fsp3) is 0.176. The average Bonchev–Trinajstić information content (AvgIpc) is 2.53. The van der Waals surface area contributed by atoms with Crippen molar-refractivity contribution in [1.82, 2.24) is 4.72 Å². The van der Waals surface area contributed by atoms with E-state index < -0.39 is 22.5 Å². The van der Waals surface area contributed by atoms with E-state index in [2.05, 4.69) is 5.32 Å². The largest absolute Gasteiger partial charge is 0.480 e. The molecule has 0 unspecified atom stereocenters. The SMILES string of the molecule is Cc1ccc(C(=O)Nc2ccc(S(=O)(=O)NCC(=O)O)c(C)c2)cc1. The van der Waals surface area contributed by atoms with Crippen LogP contribution < -0.4 is 10.0 Å². The van der Waals surface area contributed by atoms with Crippen molar-refractivity contribution in [1.29, 1.82) is 0 Å². The van der Waals surface area contributed by atoms with Gasteiger partial charge in [-0.2, -0.15) is 4.72 Å². The molecule has 0 bridgehead atoms. The van der Waals surface area contributed by atoms with Gasteiger partial charge in [-0.25, -0.2) is 8.42 Å². The second-order valence-corrected chi connectivity index (χ2v) is 7.25. The van der Waals surface area contributed by atoms with E-state index in [0.29, 0.717) is 16.8 Å². The van der Waals surface area contributed by atoms with Crippen molar-refractivity contribution in [2.24, 2.45) is 0 Å². The summed E-state index contributed by atoms with van der Waals surface area (Å²) in [5.74, 6) is -1.58. The van der Waals surface area contributed by atoms with Crippen LogP contribution in [0, 0.1) is 13.8 Å². The third-order valence-electron chi connectivity index (χ3n) is 3.45. The molecule has 25 heavy (non-hydrogen) atoms. The summed E-state index contributed by atoms with van der Waals surface area (Å²) in [7, 11) is -3.93. The first-order valence-electron chi connectivity index (χ1n) is 7.39. The zero-order chi connectivity index (χ0) is 18.6. The van der Waals surface area contributed by atoms with Crippen LogP contribution in [0.5, 0.6) is 0 Å². The molecule has 132 valence electrons. The molecule has 1 amide bonds. The van der Waals surface area contributed by atoms with Gasteiger partial charge in [0.2, 0.25) is 10.0 Å². The second-order valence-electron chi connectivity index (χ2n) is 5.52. The number of aryl methyl sites for hydroxylation is 2. The van der Waals surface area contributed by atoms with Crippen LogP contribution in [-0.2, 0) is 14.8 Å². The van der Waals surface area contributed by atoms with Crippen LogP contribution in [0.15, 0.2) is 47.4 Å². The number of carboxylic acid groups (broad SMARTS) is 1. The van der Waals surface area contributed by atoms with Gasteiger partial charge in [0.25, 0.3) is 5.91 Å². The standard InChI is InChI=1S/C17H18N2O5S/c1-11-3-5-13(6-4-11)17(22)19-14-7-8-15(12(2)9-14)25(23,24)18-10-16(20)21/h3-9,18H,10H2,1-2H3,(H,19,22)(H,20,21). The minimum absolute atomic E-state index is 0.0397. The predicted molar refractivity (Wildman–Crippen MR) is 93.1 cm³/mol. The fourth-order valence-corrected chi connectivity index (χ4v) is 3.37. The van der Waals surface area contributed by atoms with Gasteiger partial charge < -0.3 is 10.4 Å². The van der Waals surface area contributed by atoms with E-state index in [9.17, 15) is 18.0 Å². The number of carbonyl (C=O) groups excluding carboxylic acids is 1. The smallest absolute Gasteiger partial charge is 0.318 e. The summed E-state index contributed by atoms with van der Waals surface area (Å²) in [6.07, 6.45) is 0. The highest BCUT2D eigenvalue weighted by Gasteiger charge is 2.18. The molecule has 0 aliphatic rings. The Morgan fingerprint density at radius 3 is 2.24 bits per heavy atom. The van der Waals surface area contributed by atoms with E-state index in [0.717, 1.165) is 5.56 Å². The van der Waals surface area contributed by atoms with Crippen molar-refractivity contribution in [2.75, 3.05) is 11.9 Å². The van der Waals surface area contributed by atoms with Crippen molar-refractivity contribution >= 4 is 27.6 Å². The van der Waals surface area contributed by atoms with Gasteiger partial charge in [-0.05, 0) is 49.7 Å². The van der Waals surface area contributed by atoms with Crippen LogP contribution in [0.25, 0.3) is 0 Å². The lowest BCUT2D eigenvalue weighted by atomic mass is 10.1. The van der Waals surface area contributed by atoms with E-state index in [-0.39, 0.29) is 10.8 Å². The molecule has 8 heteroatoms. The van der Waals surface area contributed by atoms with E-state index in [1.54, 1.807) is 19.1 Å². The quantitative estimate of drug-likeness (QED) is 0.727. The first-order chi connectivity index (χ1) is 11.7. The molecule has 2 aromatic carbocycles. The lowest BCUT2D eigenvalue weighted by Gasteiger charge is -2.11. The number of benzene rings is 2. The Morgan fingerprint density at radius 2 is 1.68 bits per heavy atom. The molecule has 7 nitrogen and oxygen atoms in total. The molecule has 2 aromatic rings. The molecule has 0 aromatic heterocycles. The molecular weight excluding hydrogens is 344 g/mol. The van der Waals surface area contributed by atoms with E-state index >= 15 is 0 Å². The summed E-state index contributed by atoms with van der Waals surface area (Å²) >= 11 is 0. The minimum Gasteiger partial charge on any atom is -0.480 e. The van der Waals surface area contributed by atoms with Gasteiger partial charge in [0.1, 0.15) is 6.54 Å². The molecule has 0 aliphatic heterocycles. The van der Waals surface area contributed by atoms with Gasteiger partial charge >= 0.3 is 5.97 Å². The van der Waals surface area contributed by atoms with Crippen LogP contribution in [0.2, 0.25) is 0 Å². The Kier molecular flexibility index (Phi) is 5.55. The molecular formula is C17H18N2O5S. The summed E-state index contributed by atoms with van der Waals surface area (Å²) in [5, 5.41) is 11.3. The summed E-state index contributed by atoms with van der Waals surface area (Å²) in [5.41, 5.74) is 2.36. The first kappa shape index (κ1) is 18.6. The zero-order valence-electron chi connectivity index (χ0n) is 13.7.